The maximum atomic E-state index is 12.3. The SMILES string of the molecule is CS(=O)(=O)NCC1CCCN(C(=O)CCCNC(=O)c2ccsc2)C1. The average molecular weight is 388 g/mol. The van der Waals surface area contributed by atoms with Gasteiger partial charge in [-0.15, -0.1) is 0 Å². The minimum atomic E-state index is -3.20. The number of nitrogens with one attached hydrogen (secondary N) is 2. The highest BCUT2D eigenvalue weighted by molar-refractivity contribution is 7.88. The van der Waals surface area contributed by atoms with Gasteiger partial charge in [0.05, 0.1) is 6.26 Å². The molecule has 9 heteroatoms. The second-order valence-corrected chi connectivity index (χ2v) is 8.95. The van der Waals surface area contributed by atoms with E-state index < -0.39 is 10.0 Å². The molecule has 1 saturated heterocycles. The summed E-state index contributed by atoms with van der Waals surface area (Å²) in [4.78, 5) is 25.9. The van der Waals surface area contributed by atoms with Crippen LogP contribution in [0.15, 0.2) is 16.8 Å². The van der Waals surface area contributed by atoms with Crippen molar-refractivity contribution in [1.29, 1.82) is 0 Å². The molecule has 0 saturated carbocycles. The summed E-state index contributed by atoms with van der Waals surface area (Å²) in [7, 11) is -3.20. The quantitative estimate of drug-likeness (QED) is 0.652. The zero-order chi connectivity index (χ0) is 18.3. The van der Waals surface area contributed by atoms with Crippen molar-refractivity contribution in [2.24, 2.45) is 5.92 Å². The van der Waals surface area contributed by atoms with Crippen molar-refractivity contribution in [3.63, 3.8) is 0 Å². The minimum Gasteiger partial charge on any atom is -0.352 e. The Labute approximate surface area is 152 Å². The molecule has 1 aliphatic rings. The number of sulfonamides is 1. The fourth-order valence-corrected chi connectivity index (χ4v) is 4.00. The van der Waals surface area contributed by atoms with E-state index in [1.807, 2.05) is 5.38 Å². The predicted molar refractivity (Wildman–Crippen MR) is 98.0 cm³/mol. The molecule has 0 spiro atoms. The van der Waals surface area contributed by atoms with Gasteiger partial charge in [-0.3, -0.25) is 9.59 Å². The van der Waals surface area contributed by atoms with E-state index in [0.29, 0.717) is 38.0 Å². The second-order valence-electron chi connectivity index (χ2n) is 6.34. The average Bonchev–Trinajstić information content (AvgIpc) is 3.11. The molecule has 1 unspecified atom stereocenters. The molecule has 25 heavy (non-hydrogen) atoms. The first-order valence-electron chi connectivity index (χ1n) is 8.38. The standard InChI is InChI=1S/C16H25N3O4S2/c1-25(22,23)18-10-13-4-3-8-19(11-13)15(20)5-2-7-17-16(21)14-6-9-24-12-14/h6,9,12-13,18H,2-5,7-8,10-11H2,1H3,(H,17,21). The molecule has 2 amide bonds. The first-order valence-corrected chi connectivity index (χ1v) is 11.2. The molecule has 0 aromatic carbocycles. The fourth-order valence-electron chi connectivity index (χ4n) is 2.82. The van der Waals surface area contributed by atoms with Gasteiger partial charge in [0.2, 0.25) is 15.9 Å². The second kappa shape index (κ2) is 9.30. The van der Waals surface area contributed by atoms with E-state index in [1.165, 1.54) is 11.3 Å². The summed E-state index contributed by atoms with van der Waals surface area (Å²) in [6.07, 6.45) is 3.93. The topological polar surface area (TPSA) is 95.6 Å². The molecule has 1 aromatic rings. The molecule has 2 N–H and O–H groups in total. The Bertz CT molecular complexity index is 674. The third-order valence-electron chi connectivity index (χ3n) is 4.14. The van der Waals surface area contributed by atoms with E-state index >= 15 is 0 Å². The normalized spacial score (nSPS) is 18.1. The van der Waals surface area contributed by atoms with Gasteiger partial charge < -0.3 is 10.2 Å². The maximum Gasteiger partial charge on any atom is 0.252 e. The lowest BCUT2D eigenvalue weighted by Crippen LogP contribution is -2.43. The van der Waals surface area contributed by atoms with Crippen LogP contribution in [0, 0.1) is 5.92 Å². The Morgan fingerprint density at radius 2 is 2.20 bits per heavy atom. The van der Waals surface area contributed by atoms with Crippen molar-refractivity contribution in [2.75, 3.05) is 32.4 Å². The first kappa shape index (κ1) is 19.9. The summed E-state index contributed by atoms with van der Waals surface area (Å²) in [6, 6.07) is 1.77. The number of likely N-dealkylation sites (tertiary alicyclic amines) is 1. The molecule has 2 rings (SSSR count). The molecular formula is C16H25N3O4S2. The monoisotopic (exact) mass is 387 g/mol. The molecule has 0 bridgehead atoms. The summed E-state index contributed by atoms with van der Waals surface area (Å²) in [5.74, 6) is 0.109. The molecule has 1 aromatic heterocycles. The molecule has 140 valence electrons. The lowest BCUT2D eigenvalue weighted by atomic mass is 9.98. The predicted octanol–water partition coefficient (Wildman–Crippen LogP) is 1.05. The highest BCUT2D eigenvalue weighted by atomic mass is 32.2. The van der Waals surface area contributed by atoms with Gasteiger partial charge >= 0.3 is 0 Å². The summed E-state index contributed by atoms with van der Waals surface area (Å²) < 4.78 is 24.9. The van der Waals surface area contributed by atoms with Crippen LogP contribution in [0.3, 0.4) is 0 Å². The molecule has 0 radical (unpaired) electrons. The Morgan fingerprint density at radius 1 is 1.40 bits per heavy atom. The number of carbonyl (C=O) groups is 2. The van der Waals surface area contributed by atoms with E-state index in [0.717, 1.165) is 25.6 Å². The van der Waals surface area contributed by atoms with E-state index in [9.17, 15) is 18.0 Å². The number of nitrogens with zero attached hydrogens (tertiary/aromatic N) is 1. The third-order valence-corrected chi connectivity index (χ3v) is 5.52. The lowest BCUT2D eigenvalue weighted by Gasteiger charge is -2.33. The van der Waals surface area contributed by atoms with Crippen LogP contribution in [0.25, 0.3) is 0 Å². The molecule has 0 aliphatic carbocycles. The number of hydrogen-bond donors (Lipinski definition) is 2. The largest absolute Gasteiger partial charge is 0.352 e. The van der Waals surface area contributed by atoms with Gasteiger partial charge in [0.15, 0.2) is 0 Å². The zero-order valence-electron chi connectivity index (χ0n) is 14.4. The summed E-state index contributed by atoms with van der Waals surface area (Å²) in [5, 5.41) is 6.45. The molecule has 1 fully saturated rings. The Hall–Kier alpha value is -1.45. The number of rotatable bonds is 8. The van der Waals surface area contributed by atoms with Gasteiger partial charge in [-0.25, -0.2) is 13.1 Å². The summed E-state index contributed by atoms with van der Waals surface area (Å²) in [6.45, 7) is 2.14. The Balaban J connectivity index is 1.67. The van der Waals surface area contributed by atoms with E-state index in [1.54, 1.807) is 16.3 Å². The maximum absolute atomic E-state index is 12.3. The highest BCUT2D eigenvalue weighted by Gasteiger charge is 2.23. The van der Waals surface area contributed by atoms with Crippen molar-refractivity contribution >= 4 is 33.2 Å². The van der Waals surface area contributed by atoms with Gasteiger partial charge in [0.1, 0.15) is 0 Å². The Kier molecular flexibility index (Phi) is 7.39. The van der Waals surface area contributed by atoms with Crippen LogP contribution in [-0.2, 0) is 14.8 Å². The van der Waals surface area contributed by atoms with Crippen molar-refractivity contribution < 1.29 is 18.0 Å². The Morgan fingerprint density at radius 3 is 2.88 bits per heavy atom. The molecule has 1 aliphatic heterocycles. The molecule has 1 atom stereocenters. The molecular weight excluding hydrogens is 362 g/mol. The van der Waals surface area contributed by atoms with Crippen LogP contribution in [-0.4, -0.2) is 57.6 Å². The molecule has 7 nitrogen and oxygen atoms in total. The van der Waals surface area contributed by atoms with Crippen molar-refractivity contribution in [1.82, 2.24) is 14.9 Å². The van der Waals surface area contributed by atoms with Gasteiger partial charge in [-0.05, 0) is 36.6 Å². The minimum absolute atomic E-state index is 0.0637. The van der Waals surface area contributed by atoms with Crippen molar-refractivity contribution in [2.45, 2.75) is 25.7 Å². The lowest BCUT2D eigenvalue weighted by molar-refractivity contribution is -0.133. The van der Waals surface area contributed by atoms with E-state index in [2.05, 4.69) is 10.0 Å². The van der Waals surface area contributed by atoms with E-state index in [-0.39, 0.29) is 17.7 Å². The summed E-state index contributed by atoms with van der Waals surface area (Å²) >= 11 is 1.47. The first-order chi connectivity index (χ1) is 11.8. The van der Waals surface area contributed by atoms with Crippen LogP contribution in [0.1, 0.15) is 36.0 Å². The fraction of sp³-hybridized carbons (Fsp3) is 0.625. The molecule has 2 heterocycles. The van der Waals surface area contributed by atoms with Crippen molar-refractivity contribution in [3.8, 4) is 0 Å². The van der Waals surface area contributed by atoms with Crippen LogP contribution in [0.2, 0.25) is 0 Å². The number of amides is 2. The summed E-state index contributed by atoms with van der Waals surface area (Å²) in [5.41, 5.74) is 0.647. The van der Waals surface area contributed by atoms with Crippen LogP contribution in [0.4, 0.5) is 0 Å². The third kappa shape index (κ3) is 7.13. The van der Waals surface area contributed by atoms with E-state index in [4.69, 9.17) is 0 Å². The van der Waals surface area contributed by atoms with Crippen molar-refractivity contribution in [3.05, 3.63) is 22.4 Å². The van der Waals surface area contributed by atoms with Gasteiger partial charge in [-0.1, -0.05) is 0 Å². The van der Waals surface area contributed by atoms with Crippen LogP contribution >= 0.6 is 11.3 Å². The highest BCUT2D eigenvalue weighted by Crippen LogP contribution is 2.17. The van der Waals surface area contributed by atoms with Crippen LogP contribution in [0.5, 0.6) is 0 Å². The zero-order valence-corrected chi connectivity index (χ0v) is 16.0. The number of carbonyl (C=O) groups excluding carboxylic acids is 2. The van der Waals surface area contributed by atoms with Gasteiger partial charge in [0.25, 0.3) is 5.91 Å². The van der Waals surface area contributed by atoms with Crippen LogP contribution < -0.4 is 10.0 Å². The number of hydrogen-bond acceptors (Lipinski definition) is 5. The number of piperidine rings is 1. The van der Waals surface area contributed by atoms with Gasteiger partial charge in [0, 0.05) is 43.5 Å². The van der Waals surface area contributed by atoms with Gasteiger partial charge in [-0.2, -0.15) is 11.3 Å². The number of thiophene rings is 1. The smallest absolute Gasteiger partial charge is 0.252 e.